The second-order valence-corrected chi connectivity index (χ2v) is 9.72. The molecule has 33 heavy (non-hydrogen) atoms. The van der Waals surface area contributed by atoms with E-state index in [1.54, 1.807) is 36.7 Å². The van der Waals surface area contributed by atoms with Gasteiger partial charge in [0.05, 0.1) is 9.79 Å². The molecule has 7 nitrogen and oxygen atoms in total. The Labute approximate surface area is 193 Å². The summed E-state index contributed by atoms with van der Waals surface area (Å²) in [6.45, 7) is 4.45. The van der Waals surface area contributed by atoms with Gasteiger partial charge < -0.3 is 10.6 Å². The summed E-state index contributed by atoms with van der Waals surface area (Å²) in [6, 6.07) is 15.4. The van der Waals surface area contributed by atoms with Crippen molar-refractivity contribution >= 4 is 33.4 Å². The third-order valence-electron chi connectivity index (χ3n) is 4.62. The van der Waals surface area contributed by atoms with Gasteiger partial charge in [0.1, 0.15) is 0 Å². The Kier molecular flexibility index (Phi) is 7.74. The van der Waals surface area contributed by atoms with Crippen molar-refractivity contribution in [2.45, 2.75) is 23.6 Å². The Bertz CT molecular complexity index is 1250. The van der Waals surface area contributed by atoms with Crippen LogP contribution in [0.4, 0.5) is 5.69 Å². The van der Waals surface area contributed by atoms with E-state index in [4.69, 9.17) is 0 Å². The van der Waals surface area contributed by atoms with Gasteiger partial charge >= 0.3 is 0 Å². The van der Waals surface area contributed by atoms with Crippen molar-refractivity contribution in [2.24, 2.45) is 5.92 Å². The predicted octanol–water partition coefficient (Wildman–Crippen LogP) is 3.95. The van der Waals surface area contributed by atoms with Gasteiger partial charge in [-0.05, 0) is 66.1 Å². The van der Waals surface area contributed by atoms with Crippen molar-refractivity contribution < 1.29 is 18.0 Å². The van der Waals surface area contributed by atoms with E-state index in [1.807, 2.05) is 19.9 Å². The highest BCUT2D eigenvalue weighted by molar-refractivity contribution is 7.91. The van der Waals surface area contributed by atoms with Crippen molar-refractivity contribution in [3.8, 4) is 0 Å². The summed E-state index contributed by atoms with van der Waals surface area (Å²) in [4.78, 5) is 28.5. The van der Waals surface area contributed by atoms with Gasteiger partial charge in [0.2, 0.25) is 15.7 Å². The fraction of sp³-hybridized carbons (Fsp3) is 0.160. The minimum Gasteiger partial charge on any atom is -0.352 e. The van der Waals surface area contributed by atoms with E-state index < -0.39 is 9.84 Å². The van der Waals surface area contributed by atoms with Gasteiger partial charge in [-0.1, -0.05) is 26.0 Å². The van der Waals surface area contributed by atoms with Crippen LogP contribution in [-0.4, -0.2) is 31.8 Å². The molecule has 8 heteroatoms. The van der Waals surface area contributed by atoms with Crippen LogP contribution >= 0.6 is 0 Å². The molecule has 0 spiro atoms. The number of amides is 2. The summed E-state index contributed by atoms with van der Waals surface area (Å²) < 4.78 is 26.1. The molecule has 1 aromatic heterocycles. The average molecular weight is 464 g/mol. The number of rotatable bonds is 8. The molecule has 0 fully saturated rings. The molecule has 0 aliphatic rings. The lowest BCUT2D eigenvalue weighted by atomic mass is 10.2. The molecule has 0 bridgehead atoms. The number of carbonyl (C=O) groups excluding carboxylic acids is 2. The normalized spacial score (nSPS) is 11.5. The number of pyridine rings is 1. The first-order valence-corrected chi connectivity index (χ1v) is 11.9. The van der Waals surface area contributed by atoms with Gasteiger partial charge in [-0.15, -0.1) is 0 Å². The van der Waals surface area contributed by atoms with Crippen molar-refractivity contribution in [1.82, 2.24) is 10.3 Å². The molecule has 0 atom stereocenters. The monoisotopic (exact) mass is 463 g/mol. The minimum atomic E-state index is -3.83. The molecule has 170 valence electrons. The summed E-state index contributed by atoms with van der Waals surface area (Å²) in [5.74, 6) is -0.390. The molecule has 2 N–H and O–H groups in total. The molecule has 1 heterocycles. The van der Waals surface area contributed by atoms with Crippen LogP contribution in [0.15, 0.2) is 88.9 Å². The first-order valence-electron chi connectivity index (χ1n) is 10.4. The quantitative estimate of drug-likeness (QED) is 0.492. The second-order valence-electron chi connectivity index (χ2n) is 7.77. The number of carbonyl (C=O) groups is 2. The molecule has 0 saturated carbocycles. The van der Waals surface area contributed by atoms with Crippen molar-refractivity contribution in [2.75, 3.05) is 11.9 Å². The zero-order valence-corrected chi connectivity index (χ0v) is 19.2. The van der Waals surface area contributed by atoms with Crippen LogP contribution in [0.3, 0.4) is 0 Å². The molecule has 2 aromatic carbocycles. The van der Waals surface area contributed by atoms with E-state index in [9.17, 15) is 18.0 Å². The summed E-state index contributed by atoms with van der Waals surface area (Å²) >= 11 is 0. The van der Waals surface area contributed by atoms with E-state index in [-0.39, 0.29) is 33.1 Å². The molecule has 3 aromatic rings. The van der Waals surface area contributed by atoms with Crippen LogP contribution in [0.25, 0.3) is 6.08 Å². The first-order chi connectivity index (χ1) is 15.8. The van der Waals surface area contributed by atoms with Gasteiger partial charge in [0, 0.05) is 36.3 Å². The van der Waals surface area contributed by atoms with Gasteiger partial charge in [0.15, 0.2) is 0 Å². The Morgan fingerprint density at radius 2 is 1.76 bits per heavy atom. The summed E-state index contributed by atoms with van der Waals surface area (Å²) in [5, 5.41) is 5.46. The topological polar surface area (TPSA) is 105 Å². The number of nitrogens with one attached hydrogen (secondary N) is 2. The molecule has 2 amide bonds. The summed E-state index contributed by atoms with van der Waals surface area (Å²) in [7, 11) is -3.83. The van der Waals surface area contributed by atoms with E-state index in [1.165, 1.54) is 42.5 Å². The number of anilines is 1. The zero-order chi connectivity index (χ0) is 23.8. The number of hydrogen-bond donors (Lipinski definition) is 2. The summed E-state index contributed by atoms with van der Waals surface area (Å²) in [6.07, 6.45) is 6.28. The predicted molar refractivity (Wildman–Crippen MR) is 127 cm³/mol. The first kappa shape index (κ1) is 23.9. The number of hydrogen-bond acceptors (Lipinski definition) is 5. The zero-order valence-electron chi connectivity index (χ0n) is 18.4. The summed E-state index contributed by atoms with van der Waals surface area (Å²) in [5.41, 5.74) is 1.52. The highest BCUT2D eigenvalue weighted by atomic mass is 32.2. The van der Waals surface area contributed by atoms with Crippen LogP contribution < -0.4 is 10.6 Å². The molecule has 0 radical (unpaired) electrons. The van der Waals surface area contributed by atoms with Crippen LogP contribution in [-0.2, 0) is 14.6 Å². The van der Waals surface area contributed by atoms with Crippen LogP contribution in [0.5, 0.6) is 0 Å². The lowest BCUT2D eigenvalue weighted by Crippen LogP contribution is -2.27. The highest BCUT2D eigenvalue weighted by Crippen LogP contribution is 2.23. The molecule has 0 aliphatic carbocycles. The minimum absolute atomic E-state index is 0.0240. The lowest BCUT2D eigenvalue weighted by molar-refractivity contribution is -0.111. The molecular formula is C25H25N3O4S. The molecule has 0 aliphatic heterocycles. The van der Waals surface area contributed by atoms with Gasteiger partial charge in [-0.2, -0.15) is 0 Å². The SMILES string of the molecule is CC(C)CNC(=O)c1cccc(S(=O)(=O)c2ccc(NC(=O)/C=C/c3cccnc3)cc2)c1. The third kappa shape index (κ3) is 6.60. The van der Waals surface area contributed by atoms with Gasteiger partial charge in [-0.25, -0.2) is 8.42 Å². The largest absolute Gasteiger partial charge is 0.352 e. The van der Waals surface area contributed by atoms with Gasteiger partial charge in [-0.3, -0.25) is 14.6 Å². The lowest BCUT2D eigenvalue weighted by Gasteiger charge is -2.10. The van der Waals surface area contributed by atoms with Crippen LogP contribution in [0.2, 0.25) is 0 Å². The molecule has 3 rings (SSSR count). The van der Waals surface area contributed by atoms with Crippen LogP contribution in [0.1, 0.15) is 29.8 Å². The maximum absolute atomic E-state index is 13.0. The second kappa shape index (κ2) is 10.7. The van der Waals surface area contributed by atoms with E-state index >= 15 is 0 Å². The Hall–Kier alpha value is -3.78. The fourth-order valence-electron chi connectivity index (χ4n) is 2.89. The van der Waals surface area contributed by atoms with E-state index in [2.05, 4.69) is 15.6 Å². The third-order valence-corrected chi connectivity index (χ3v) is 6.39. The number of nitrogens with zero attached hydrogens (tertiary/aromatic N) is 1. The Morgan fingerprint density at radius 1 is 1.00 bits per heavy atom. The maximum atomic E-state index is 13.0. The van der Waals surface area contributed by atoms with Crippen molar-refractivity contribution in [3.63, 3.8) is 0 Å². The standard InChI is InChI=1S/C25H25N3O4S/c1-18(2)16-27-25(30)20-6-3-7-23(15-20)33(31,32)22-11-9-21(10-12-22)28-24(29)13-8-19-5-4-14-26-17-19/h3-15,17-18H,16H2,1-2H3,(H,27,30)(H,28,29)/b13-8+. The maximum Gasteiger partial charge on any atom is 0.251 e. The number of benzene rings is 2. The molecule has 0 saturated heterocycles. The van der Waals surface area contributed by atoms with Crippen molar-refractivity contribution in [1.29, 1.82) is 0 Å². The molecule has 0 unspecified atom stereocenters. The Morgan fingerprint density at radius 3 is 2.42 bits per heavy atom. The highest BCUT2D eigenvalue weighted by Gasteiger charge is 2.19. The fourth-order valence-corrected chi connectivity index (χ4v) is 4.19. The number of aromatic nitrogens is 1. The van der Waals surface area contributed by atoms with Crippen LogP contribution in [0, 0.1) is 5.92 Å². The Balaban J connectivity index is 1.71. The van der Waals surface area contributed by atoms with E-state index in [0.717, 1.165) is 5.56 Å². The smallest absolute Gasteiger partial charge is 0.251 e. The average Bonchev–Trinajstić information content (AvgIpc) is 2.82. The van der Waals surface area contributed by atoms with Gasteiger partial charge in [0.25, 0.3) is 5.91 Å². The molecular weight excluding hydrogens is 438 g/mol. The number of sulfone groups is 1. The van der Waals surface area contributed by atoms with E-state index in [0.29, 0.717) is 12.2 Å². The van der Waals surface area contributed by atoms with Crippen molar-refractivity contribution in [3.05, 3.63) is 90.3 Å².